The number of nitrogens with zero attached hydrogens (tertiary/aromatic N) is 1. The fourth-order valence-electron chi connectivity index (χ4n) is 1.62. The zero-order valence-electron chi connectivity index (χ0n) is 9.69. The Labute approximate surface area is 99.8 Å². The summed E-state index contributed by atoms with van der Waals surface area (Å²) in [7, 11) is 0. The van der Waals surface area contributed by atoms with Gasteiger partial charge in [0.25, 0.3) is 0 Å². The van der Waals surface area contributed by atoms with Crippen molar-refractivity contribution in [2.75, 3.05) is 12.3 Å². The first kappa shape index (κ1) is 13.2. The summed E-state index contributed by atoms with van der Waals surface area (Å²) in [6.45, 7) is 4.41. The normalized spacial score (nSPS) is 27.8. The van der Waals surface area contributed by atoms with E-state index in [1.54, 1.807) is 6.92 Å². The molecule has 1 aliphatic heterocycles. The summed E-state index contributed by atoms with van der Waals surface area (Å²) < 4.78 is 0.139. The second-order valence-electron chi connectivity index (χ2n) is 4.37. The van der Waals surface area contributed by atoms with Crippen molar-refractivity contribution in [3.63, 3.8) is 0 Å². The predicted molar refractivity (Wildman–Crippen MR) is 65.7 cm³/mol. The van der Waals surface area contributed by atoms with Crippen LogP contribution in [-0.2, 0) is 4.79 Å². The number of hydrogen-bond donors (Lipinski definition) is 3. The van der Waals surface area contributed by atoms with Crippen LogP contribution in [0.15, 0.2) is 5.16 Å². The summed E-state index contributed by atoms with van der Waals surface area (Å²) >= 11 is 1.89. The van der Waals surface area contributed by atoms with Gasteiger partial charge in [-0.3, -0.25) is 4.79 Å². The molecule has 1 fully saturated rings. The molecule has 0 bridgehead atoms. The number of oxime groups is 1. The van der Waals surface area contributed by atoms with Crippen molar-refractivity contribution in [3.05, 3.63) is 0 Å². The molecule has 1 amide bonds. The number of amidine groups is 1. The van der Waals surface area contributed by atoms with Crippen LogP contribution in [0.3, 0.4) is 0 Å². The highest BCUT2D eigenvalue weighted by atomic mass is 32.2. The van der Waals surface area contributed by atoms with E-state index in [2.05, 4.69) is 17.4 Å². The lowest BCUT2D eigenvalue weighted by atomic mass is 10.0. The van der Waals surface area contributed by atoms with Crippen LogP contribution < -0.4 is 11.1 Å². The molecule has 6 heteroatoms. The minimum Gasteiger partial charge on any atom is -0.409 e. The molecule has 0 saturated carbocycles. The molecule has 1 heterocycles. The van der Waals surface area contributed by atoms with Crippen LogP contribution in [0.2, 0.25) is 0 Å². The van der Waals surface area contributed by atoms with E-state index in [-0.39, 0.29) is 16.5 Å². The minimum atomic E-state index is -0.583. The first-order valence-electron chi connectivity index (χ1n) is 5.37. The van der Waals surface area contributed by atoms with Crippen LogP contribution in [0, 0.1) is 5.92 Å². The van der Waals surface area contributed by atoms with Gasteiger partial charge in [-0.1, -0.05) is 5.16 Å². The molecule has 1 rings (SSSR count). The van der Waals surface area contributed by atoms with Crippen molar-refractivity contribution in [1.82, 2.24) is 5.32 Å². The number of carbonyl (C=O) groups excluding carboxylic acids is 1. The molecule has 0 aromatic rings. The second kappa shape index (κ2) is 5.43. The third kappa shape index (κ3) is 3.30. The average Bonchev–Trinajstić information content (AvgIpc) is 2.71. The van der Waals surface area contributed by atoms with E-state index in [0.29, 0.717) is 6.54 Å². The largest absolute Gasteiger partial charge is 0.409 e. The van der Waals surface area contributed by atoms with Gasteiger partial charge in [-0.25, -0.2) is 0 Å². The summed E-state index contributed by atoms with van der Waals surface area (Å²) in [4.78, 5) is 11.6. The average molecular weight is 245 g/mol. The zero-order chi connectivity index (χ0) is 12.2. The molecule has 92 valence electrons. The SMILES string of the molecule is CC(C(=O)NCC1(C)CCCS1)C(N)=NO. The van der Waals surface area contributed by atoms with Gasteiger partial charge < -0.3 is 16.3 Å². The quantitative estimate of drug-likeness (QED) is 0.295. The van der Waals surface area contributed by atoms with Crippen molar-refractivity contribution in [3.8, 4) is 0 Å². The minimum absolute atomic E-state index is 0.0540. The third-order valence-electron chi connectivity index (χ3n) is 2.89. The molecule has 5 nitrogen and oxygen atoms in total. The Morgan fingerprint density at radius 1 is 1.75 bits per heavy atom. The molecule has 0 aliphatic carbocycles. The Hall–Kier alpha value is -0.910. The lowest BCUT2D eigenvalue weighted by Gasteiger charge is -2.23. The summed E-state index contributed by atoms with van der Waals surface area (Å²) in [5.74, 6) is 0.327. The number of rotatable bonds is 4. The maximum atomic E-state index is 11.6. The van der Waals surface area contributed by atoms with Gasteiger partial charge in [0.15, 0.2) is 5.84 Å². The van der Waals surface area contributed by atoms with Gasteiger partial charge in [0.05, 0.1) is 5.92 Å². The first-order chi connectivity index (χ1) is 7.48. The monoisotopic (exact) mass is 245 g/mol. The molecule has 0 aromatic carbocycles. The van der Waals surface area contributed by atoms with Crippen molar-refractivity contribution >= 4 is 23.5 Å². The van der Waals surface area contributed by atoms with Crippen LogP contribution >= 0.6 is 11.8 Å². The van der Waals surface area contributed by atoms with Crippen LogP contribution in [0.1, 0.15) is 26.7 Å². The van der Waals surface area contributed by atoms with Gasteiger partial charge in [0.2, 0.25) is 5.91 Å². The number of nitrogens with two attached hydrogens (primary N) is 1. The first-order valence-corrected chi connectivity index (χ1v) is 6.36. The van der Waals surface area contributed by atoms with Crippen molar-refractivity contribution in [2.24, 2.45) is 16.8 Å². The number of hydrogen-bond acceptors (Lipinski definition) is 4. The zero-order valence-corrected chi connectivity index (χ0v) is 10.5. The van der Waals surface area contributed by atoms with Crippen molar-refractivity contribution < 1.29 is 10.0 Å². The summed E-state index contributed by atoms with van der Waals surface area (Å²) in [5.41, 5.74) is 5.37. The summed E-state index contributed by atoms with van der Waals surface area (Å²) in [6.07, 6.45) is 2.32. The highest BCUT2D eigenvalue weighted by molar-refractivity contribution is 8.00. The van der Waals surface area contributed by atoms with Crippen molar-refractivity contribution in [2.45, 2.75) is 31.4 Å². The fourth-order valence-corrected chi connectivity index (χ4v) is 2.87. The number of nitrogens with one attached hydrogen (secondary N) is 1. The Balaban J connectivity index is 2.40. The number of amides is 1. The Bertz CT molecular complexity index is 288. The number of carbonyl (C=O) groups is 1. The topological polar surface area (TPSA) is 87.7 Å². The van der Waals surface area contributed by atoms with Gasteiger partial charge in [-0.2, -0.15) is 11.8 Å². The molecular formula is C10H19N3O2S. The van der Waals surface area contributed by atoms with Gasteiger partial charge >= 0.3 is 0 Å². The van der Waals surface area contributed by atoms with Crippen LogP contribution in [0.4, 0.5) is 0 Å². The molecule has 2 unspecified atom stereocenters. The standard InChI is InChI=1S/C10H19N3O2S/c1-7(8(11)13-15)9(14)12-6-10(2)4-3-5-16-10/h7,15H,3-6H2,1-2H3,(H2,11,13)(H,12,14). The Morgan fingerprint density at radius 3 is 2.94 bits per heavy atom. The predicted octanol–water partition coefficient (Wildman–Crippen LogP) is 0.771. The lowest BCUT2D eigenvalue weighted by Crippen LogP contribution is -2.42. The van der Waals surface area contributed by atoms with Gasteiger partial charge in [-0.05, 0) is 32.4 Å². The second-order valence-corrected chi connectivity index (χ2v) is 6.05. The third-order valence-corrected chi connectivity index (χ3v) is 4.43. The summed E-state index contributed by atoms with van der Waals surface area (Å²) in [6, 6.07) is 0. The van der Waals surface area contributed by atoms with Crippen LogP contribution in [0.5, 0.6) is 0 Å². The molecule has 0 radical (unpaired) electrons. The van der Waals surface area contributed by atoms with Gasteiger partial charge in [-0.15, -0.1) is 0 Å². The summed E-state index contributed by atoms with van der Waals surface area (Å²) in [5, 5.41) is 14.1. The molecule has 0 aromatic heterocycles. The maximum Gasteiger partial charge on any atom is 0.230 e. The Morgan fingerprint density at radius 2 is 2.44 bits per heavy atom. The molecule has 2 atom stereocenters. The van der Waals surface area contributed by atoms with E-state index >= 15 is 0 Å². The van der Waals surface area contributed by atoms with E-state index in [4.69, 9.17) is 10.9 Å². The highest BCUT2D eigenvalue weighted by Crippen LogP contribution is 2.36. The number of thioether (sulfide) groups is 1. The Kier molecular flexibility index (Phi) is 4.46. The van der Waals surface area contributed by atoms with Gasteiger partial charge in [0, 0.05) is 11.3 Å². The fraction of sp³-hybridized carbons (Fsp3) is 0.800. The molecule has 16 heavy (non-hydrogen) atoms. The van der Waals surface area contributed by atoms with Crippen LogP contribution in [-0.4, -0.2) is 34.0 Å². The molecule has 1 aliphatic rings. The van der Waals surface area contributed by atoms with Crippen LogP contribution in [0.25, 0.3) is 0 Å². The van der Waals surface area contributed by atoms with E-state index in [1.807, 2.05) is 11.8 Å². The van der Waals surface area contributed by atoms with E-state index in [9.17, 15) is 4.79 Å². The lowest BCUT2D eigenvalue weighted by molar-refractivity contribution is -0.122. The smallest absolute Gasteiger partial charge is 0.230 e. The highest BCUT2D eigenvalue weighted by Gasteiger charge is 2.30. The van der Waals surface area contributed by atoms with E-state index < -0.39 is 5.92 Å². The van der Waals surface area contributed by atoms with E-state index in [0.717, 1.165) is 12.2 Å². The molecule has 0 spiro atoms. The van der Waals surface area contributed by atoms with Crippen molar-refractivity contribution in [1.29, 1.82) is 0 Å². The molecular weight excluding hydrogens is 226 g/mol. The molecule has 4 N–H and O–H groups in total. The van der Waals surface area contributed by atoms with E-state index in [1.165, 1.54) is 6.42 Å². The molecule has 1 saturated heterocycles. The van der Waals surface area contributed by atoms with Gasteiger partial charge in [0.1, 0.15) is 0 Å². The maximum absolute atomic E-state index is 11.6.